The molecule has 3 aromatic carbocycles. The Labute approximate surface area is 192 Å². The number of carbonyl (C=O) groups excluding carboxylic acids is 1. The third-order valence-corrected chi connectivity index (χ3v) is 5.95. The molecule has 0 aliphatic heterocycles. The lowest BCUT2D eigenvalue weighted by atomic mass is 10.1. The van der Waals surface area contributed by atoms with Gasteiger partial charge in [-0.2, -0.15) is 0 Å². The predicted octanol–water partition coefficient (Wildman–Crippen LogP) is 5.31. The number of nitrogens with zero attached hydrogens (tertiary/aromatic N) is 3. The van der Waals surface area contributed by atoms with Crippen LogP contribution in [0.3, 0.4) is 0 Å². The van der Waals surface area contributed by atoms with Crippen LogP contribution >= 0.6 is 0 Å². The fourth-order valence-electron chi connectivity index (χ4n) is 4.08. The Morgan fingerprint density at radius 3 is 2.33 bits per heavy atom. The SMILES string of the molecule is CCc1ccc(C(=O)N(CC)C(C)c2nc3ccccc3c(=O)n2-c2ccccc2F)cc1. The number of benzene rings is 3. The highest BCUT2D eigenvalue weighted by molar-refractivity contribution is 5.94. The summed E-state index contributed by atoms with van der Waals surface area (Å²) in [6, 6.07) is 20.0. The van der Waals surface area contributed by atoms with Crippen LogP contribution in [0.2, 0.25) is 0 Å². The molecule has 0 radical (unpaired) electrons. The van der Waals surface area contributed by atoms with E-state index in [0.29, 0.717) is 28.8 Å². The molecule has 1 atom stereocenters. The fraction of sp³-hybridized carbons (Fsp3) is 0.222. The van der Waals surface area contributed by atoms with Crippen molar-refractivity contribution in [3.63, 3.8) is 0 Å². The van der Waals surface area contributed by atoms with Crippen LogP contribution in [0.5, 0.6) is 0 Å². The van der Waals surface area contributed by atoms with Gasteiger partial charge in [0.1, 0.15) is 11.6 Å². The maximum atomic E-state index is 14.8. The van der Waals surface area contributed by atoms with Crippen molar-refractivity contribution >= 4 is 16.8 Å². The highest BCUT2D eigenvalue weighted by atomic mass is 19.1. The average Bonchev–Trinajstić information content (AvgIpc) is 2.85. The molecule has 33 heavy (non-hydrogen) atoms. The number of amides is 1. The zero-order chi connectivity index (χ0) is 23.5. The van der Waals surface area contributed by atoms with E-state index in [9.17, 15) is 14.0 Å². The number of aromatic nitrogens is 2. The van der Waals surface area contributed by atoms with E-state index in [1.165, 1.54) is 10.6 Å². The Morgan fingerprint density at radius 1 is 1.00 bits per heavy atom. The predicted molar refractivity (Wildman–Crippen MR) is 128 cm³/mol. The van der Waals surface area contributed by atoms with E-state index >= 15 is 0 Å². The highest BCUT2D eigenvalue weighted by Crippen LogP contribution is 2.25. The monoisotopic (exact) mass is 443 g/mol. The lowest BCUT2D eigenvalue weighted by molar-refractivity contribution is 0.0693. The summed E-state index contributed by atoms with van der Waals surface area (Å²) >= 11 is 0. The van der Waals surface area contributed by atoms with Crippen molar-refractivity contribution in [3.8, 4) is 5.69 Å². The van der Waals surface area contributed by atoms with E-state index in [2.05, 4.69) is 6.92 Å². The number of hydrogen-bond acceptors (Lipinski definition) is 3. The summed E-state index contributed by atoms with van der Waals surface area (Å²) in [7, 11) is 0. The average molecular weight is 444 g/mol. The summed E-state index contributed by atoms with van der Waals surface area (Å²) in [5, 5.41) is 0.390. The van der Waals surface area contributed by atoms with E-state index in [1.54, 1.807) is 47.4 Å². The summed E-state index contributed by atoms with van der Waals surface area (Å²) in [5.41, 5.74) is 1.95. The number of fused-ring (bicyclic) bond motifs is 1. The van der Waals surface area contributed by atoms with E-state index in [1.807, 2.05) is 38.1 Å². The molecule has 4 aromatic rings. The van der Waals surface area contributed by atoms with Crippen LogP contribution in [-0.2, 0) is 6.42 Å². The summed E-state index contributed by atoms with van der Waals surface area (Å²) in [5.74, 6) is -0.394. The van der Waals surface area contributed by atoms with Gasteiger partial charge >= 0.3 is 0 Å². The zero-order valence-corrected chi connectivity index (χ0v) is 19.0. The van der Waals surface area contributed by atoms with E-state index < -0.39 is 11.9 Å². The Kier molecular flexibility index (Phi) is 6.36. The highest BCUT2D eigenvalue weighted by Gasteiger charge is 2.27. The van der Waals surface area contributed by atoms with Gasteiger partial charge in [-0.15, -0.1) is 0 Å². The first-order chi connectivity index (χ1) is 16.0. The minimum atomic E-state index is -0.578. The van der Waals surface area contributed by atoms with Crippen LogP contribution in [0.25, 0.3) is 16.6 Å². The molecule has 1 amide bonds. The van der Waals surface area contributed by atoms with Gasteiger partial charge in [0.2, 0.25) is 0 Å². The van der Waals surface area contributed by atoms with Crippen LogP contribution < -0.4 is 5.56 Å². The molecule has 4 rings (SSSR count). The third-order valence-electron chi connectivity index (χ3n) is 5.95. The molecule has 0 aliphatic rings. The number of halogens is 1. The summed E-state index contributed by atoms with van der Waals surface area (Å²) in [4.78, 5) is 33.2. The van der Waals surface area contributed by atoms with Crippen LogP contribution in [-0.4, -0.2) is 26.9 Å². The van der Waals surface area contributed by atoms with Gasteiger partial charge in [0.15, 0.2) is 0 Å². The minimum absolute atomic E-state index is 0.110. The molecule has 0 spiro atoms. The molecule has 5 nitrogen and oxygen atoms in total. The molecule has 0 bridgehead atoms. The second kappa shape index (κ2) is 9.36. The molecule has 168 valence electrons. The maximum Gasteiger partial charge on any atom is 0.266 e. The van der Waals surface area contributed by atoms with E-state index in [0.717, 1.165) is 12.0 Å². The summed E-state index contributed by atoms with van der Waals surface area (Å²) < 4.78 is 16.1. The molecule has 1 heterocycles. The fourth-order valence-corrected chi connectivity index (χ4v) is 4.08. The Hall–Kier alpha value is -3.80. The molecule has 0 aliphatic carbocycles. The zero-order valence-electron chi connectivity index (χ0n) is 19.0. The first kappa shape index (κ1) is 22.4. The quantitative estimate of drug-likeness (QED) is 0.406. The van der Waals surface area contributed by atoms with Crippen molar-refractivity contribution in [1.82, 2.24) is 14.5 Å². The Balaban J connectivity index is 1.88. The lowest BCUT2D eigenvalue weighted by Gasteiger charge is -2.29. The standard InChI is InChI=1S/C27H26FN3O2/c1-4-19-14-16-20(17-15-19)26(32)30(5-2)18(3)25-29-23-12-8-6-10-21(23)27(33)31(25)24-13-9-7-11-22(24)28/h6-18H,4-5H2,1-3H3. The first-order valence-corrected chi connectivity index (χ1v) is 11.1. The molecule has 1 aromatic heterocycles. The van der Waals surface area contributed by atoms with Gasteiger partial charge in [-0.3, -0.25) is 14.2 Å². The second-order valence-electron chi connectivity index (χ2n) is 7.90. The van der Waals surface area contributed by atoms with Crippen LogP contribution in [0.1, 0.15) is 48.6 Å². The number of hydrogen-bond donors (Lipinski definition) is 0. The molecular formula is C27H26FN3O2. The molecule has 0 saturated heterocycles. The van der Waals surface area contributed by atoms with Gasteiger partial charge in [-0.05, 0) is 62.2 Å². The number of para-hydroxylation sites is 2. The van der Waals surface area contributed by atoms with E-state index in [-0.39, 0.29) is 17.2 Å². The normalized spacial score (nSPS) is 12.0. The molecule has 1 unspecified atom stereocenters. The van der Waals surface area contributed by atoms with Crippen molar-refractivity contribution in [1.29, 1.82) is 0 Å². The van der Waals surface area contributed by atoms with Gasteiger partial charge in [0.05, 0.1) is 22.6 Å². The molecule has 0 saturated carbocycles. The van der Waals surface area contributed by atoms with Crippen molar-refractivity contribution in [2.45, 2.75) is 33.2 Å². The molecule has 0 fully saturated rings. The number of carbonyl (C=O) groups is 1. The topological polar surface area (TPSA) is 55.2 Å². The number of rotatable bonds is 6. The van der Waals surface area contributed by atoms with Crippen LogP contribution in [0.4, 0.5) is 4.39 Å². The summed E-state index contributed by atoms with van der Waals surface area (Å²) in [6.07, 6.45) is 0.887. The van der Waals surface area contributed by atoms with Gasteiger partial charge < -0.3 is 4.90 Å². The van der Waals surface area contributed by atoms with Crippen molar-refractivity contribution in [2.24, 2.45) is 0 Å². The van der Waals surface area contributed by atoms with Crippen molar-refractivity contribution in [3.05, 3.63) is 106 Å². The van der Waals surface area contributed by atoms with Gasteiger partial charge in [0.25, 0.3) is 11.5 Å². The lowest BCUT2D eigenvalue weighted by Crippen LogP contribution is -2.37. The molecular weight excluding hydrogens is 417 g/mol. The van der Waals surface area contributed by atoms with Gasteiger partial charge in [-0.25, -0.2) is 9.37 Å². The summed E-state index contributed by atoms with van der Waals surface area (Å²) in [6.45, 7) is 6.15. The number of aryl methyl sites for hydroxylation is 1. The Bertz CT molecular complexity index is 1360. The van der Waals surface area contributed by atoms with Gasteiger partial charge in [0, 0.05) is 12.1 Å². The van der Waals surface area contributed by atoms with Crippen molar-refractivity contribution in [2.75, 3.05) is 6.54 Å². The molecule has 0 N–H and O–H groups in total. The van der Waals surface area contributed by atoms with Gasteiger partial charge in [-0.1, -0.05) is 43.3 Å². The first-order valence-electron chi connectivity index (χ1n) is 11.1. The second-order valence-corrected chi connectivity index (χ2v) is 7.90. The molecule has 6 heteroatoms. The van der Waals surface area contributed by atoms with Crippen molar-refractivity contribution < 1.29 is 9.18 Å². The minimum Gasteiger partial charge on any atom is -0.329 e. The third kappa shape index (κ3) is 4.16. The smallest absolute Gasteiger partial charge is 0.266 e. The maximum absolute atomic E-state index is 14.8. The van der Waals surface area contributed by atoms with E-state index in [4.69, 9.17) is 4.98 Å². The van der Waals surface area contributed by atoms with Crippen LogP contribution in [0, 0.1) is 5.82 Å². The van der Waals surface area contributed by atoms with Crippen LogP contribution in [0.15, 0.2) is 77.6 Å². The Morgan fingerprint density at radius 2 is 1.67 bits per heavy atom. The largest absolute Gasteiger partial charge is 0.329 e.